The van der Waals surface area contributed by atoms with Gasteiger partial charge in [-0.15, -0.1) is 11.3 Å². The van der Waals surface area contributed by atoms with Crippen LogP contribution >= 0.6 is 11.3 Å². The summed E-state index contributed by atoms with van der Waals surface area (Å²) in [4.78, 5) is 33.4. The number of fused-ring (bicyclic) bond motifs is 1. The first kappa shape index (κ1) is 20.9. The number of aryl methyl sites for hydroxylation is 1. The molecule has 0 spiro atoms. The molecule has 0 atom stereocenters. The number of hydrogen-bond acceptors (Lipinski definition) is 7. The average molecular weight is 416 g/mol. The summed E-state index contributed by atoms with van der Waals surface area (Å²) >= 11 is 1.19. The number of esters is 1. The molecule has 2 aromatic heterocycles. The Morgan fingerprint density at radius 3 is 2.59 bits per heavy atom. The second-order valence-electron chi connectivity index (χ2n) is 7.11. The number of aromatic nitrogens is 2. The summed E-state index contributed by atoms with van der Waals surface area (Å²) in [6.07, 6.45) is 0.412. The van der Waals surface area contributed by atoms with Gasteiger partial charge in [-0.1, -0.05) is 19.9 Å². The minimum absolute atomic E-state index is 0.239. The quantitative estimate of drug-likeness (QED) is 0.591. The molecule has 0 radical (unpaired) electrons. The lowest BCUT2D eigenvalue weighted by Gasteiger charge is -2.09. The Hall–Kier alpha value is -2.87. The molecule has 2 heterocycles. The maximum absolute atomic E-state index is 12.7. The molecular weight excluding hydrogens is 392 g/mol. The first-order valence-corrected chi connectivity index (χ1v) is 10.1. The van der Waals surface area contributed by atoms with Gasteiger partial charge in [0.15, 0.2) is 11.5 Å². The molecular formula is C21H24N2O5S. The van der Waals surface area contributed by atoms with E-state index in [0.717, 1.165) is 5.56 Å². The van der Waals surface area contributed by atoms with Crippen molar-refractivity contribution in [1.82, 2.24) is 9.97 Å². The van der Waals surface area contributed by atoms with Gasteiger partial charge in [0, 0.05) is 6.42 Å². The second kappa shape index (κ2) is 8.65. The van der Waals surface area contributed by atoms with Crippen LogP contribution in [0.1, 0.15) is 40.5 Å². The van der Waals surface area contributed by atoms with Crippen LogP contribution in [-0.4, -0.2) is 36.8 Å². The minimum atomic E-state index is -0.417. The number of ether oxygens (including phenoxy) is 3. The zero-order valence-electron chi connectivity index (χ0n) is 17.1. The van der Waals surface area contributed by atoms with Crippen molar-refractivity contribution >= 4 is 27.5 Å². The van der Waals surface area contributed by atoms with Gasteiger partial charge in [-0.25, -0.2) is 9.78 Å². The number of carbonyl (C=O) groups is 1. The molecule has 0 bridgehead atoms. The third kappa shape index (κ3) is 4.42. The normalized spacial score (nSPS) is 11.1. The average Bonchev–Trinajstić information content (AvgIpc) is 3.02. The predicted octanol–water partition coefficient (Wildman–Crippen LogP) is 3.71. The van der Waals surface area contributed by atoms with E-state index in [4.69, 9.17) is 14.2 Å². The maximum Gasteiger partial charge on any atom is 0.348 e. The van der Waals surface area contributed by atoms with Crippen molar-refractivity contribution in [2.45, 2.75) is 27.2 Å². The Morgan fingerprint density at radius 1 is 1.21 bits per heavy atom. The molecule has 1 N–H and O–H groups in total. The summed E-state index contributed by atoms with van der Waals surface area (Å²) in [6.45, 7) is 6.02. The van der Waals surface area contributed by atoms with Crippen LogP contribution in [0.2, 0.25) is 0 Å². The van der Waals surface area contributed by atoms with Gasteiger partial charge in [-0.2, -0.15) is 0 Å². The molecule has 0 saturated carbocycles. The molecule has 0 aliphatic rings. The van der Waals surface area contributed by atoms with E-state index in [1.54, 1.807) is 21.1 Å². The number of H-pyrrole nitrogens is 1. The number of methoxy groups -OCH3 is 2. The van der Waals surface area contributed by atoms with E-state index < -0.39 is 5.97 Å². The van der Waals surface area contributed by atoms with Gasteiger partial charge >= 0.3 is 5.97 Å². The summed E-state index contributed by atoms with van der Waals surface area (Å²) < 4.78 is 15.9. The van der Waals surface area contributed by atoms with E-state index in [2.05, 4.69) is 9.97 Å². The number of aromatic amines is 1. The first-order chi connectivity index (χ1) is 13.8. The number of carbonyl (C=O) groups excluding carboxylic acids is 1. The van der Waals surface area contributed by atoms with Gasteiger partial charge < -0.3 is 19.2 Å². The van der Waals surface area contributed by atoms with Gasteiger partial charge in [0.1, 0.15) is 15.5 Å². The molecule has 154 valence electrons. The van der Waals surface area contributed by atoms with Crippen LogP contribution in [0.25, 0.3) is 10.2 Å². The van der Waals surface area contributed by atoms with E-state index >= 15 is 0 Å². The predicted molar refractivity (Wildman–Crippen MR) is 112 cm³/mol. The highest BCUT2D eigenvalue weighted by Gasteiger charge is 2.21. The Kier molecular flexibility index (Phi) is 6.22. The van der Waals surface area contributed by atoms with Gasteiger partial charge in [0.2, 0.25) is 0 Å². The molecule has 1 aromatic carbocycles. The van der Waals surface area contributed by atoms with Crippen molar-refractivity contribution < 1.29 is 19.0 Å². The fourth-order valence-corrected chi connectivity index (χ4v) is 4.05. The lowest BCUT2D eigenvalue weighted by molar-refractivity contribution is 0.0464. The van der Waals surface area contributed by atoms with Crippen molar-refractivity contribution in [3.63, 3.8) is 0 Å². The van der Waals surface area contributed by atoms with E-state index in [1.807, 2.05) is 32.0 Å². The molecule has 0 unspecified atom stereocenters. The molecule has 3 rings (SSSR count). The van der Waals surface area contributed by atoms with Crippen molar-refractivity contribution in [2.24, 2.45) is 5.92 Å². The highest BCUT2D eigenvalue weighted by atomic mass is 32.1. The largest absolute Gasteiger partial charge is 0.493 e. The van der Waals surface area contributed by atoms with Crippen LogP contribution in [0.15, 0.2) is 23.0 Å². The van der Waals surface area contributed by atoms with Crippen LogP contribution < -0.4 is 15.0 Å². The highest BCUT2D eigenvalue weighted by molar-refractivity contribution is 7.20. The number of rotatable bonds is 7. The summed E-state index contributed by atoms with van der Waals surface area (Å²) in [6, 6.07) is 5.54. The van der Waals surface area contributed by atoms with Crippen LogP contribution in [0, 0.1) is 12.8 Å². The smallest absolute Gasteiger partial charge is 0.348 e. The van der Waals surface area contributed by atoms with Crippen LogP contribution in [0.5, 0.6) is 11.5 Å². The Labute approximate surface area is 172 Å². The van der Waals surface area contributed by atoms with Crippen molar-refractivity contribution in [2.75, 3.05) is 20.8 Å². The maximum atomic E-state index is 12.7. The zero-order chi connectivity index (χ0) is 21.1. The van der Waals surface area contributed by atoms with E-state index in [-0.39, 0.29) is 11.5 Å². The number of benzene rings is 1. The topological polar surface area (TPSA) is 90.5 Å². The van der Waals surface area contributed by atoms with E-state index in [1.165, 1.54) is 11.3 Å². The second-order valence-corrected chi connectivity index (χ2v) is 8.11. The van der Waals surface area contributed by atoms with Crippen molar-refractivity contribution in [3.8, 4) is 11.5 Å². The lowest BCUT2D eigenvalue weighted by Crippen LogP contribution is -2.13. The number of nitrogens with zero attached hydrogens (tertiary/aromatic N) is 1. The third-order valence-corrected chi connectivity index (χ3v) is 5.57. The monoisotopic (exact) mass is 416 g/mol. The minimum Gasteiger partial charge on any atom is -0.493 e. The fraction of sp³-hybridized carbons (Fsp3) is 0.381. The van der Waals surface area contributed by atoms with Crippen LogP contribution in [0.4, 0.5) is 0 Å². The van der Waals surface area contributed by atoms with Gasteiger partial charge in [-0.3, -0.25) is 4.79 Å². The molecule has 29 heavy (non-hydrogen) atoms. The number of hydrogen-bond donors (Lipinski definition) is 1. The van der Waals surface area contributed by atoms with Crippen molar-refractivity contribution in [1.29, 1.82) is 0 Å². The molecule has 0 fully saturated rings. The lowest BCUT2D eigenvalue weighted by atomic mass is 10.1. The summed E-state index contributed by atoms with van der Waals surface area (Å²) in [5.74, 6) is 1.57. The standard InChI is InChI=1S/C21H24N2O5S/c1-11(2)10-28-21(25)18-12(3)17-19(24)22-16(23-20(17)29-18)9-13-6-7-14(26-4)15(8-13)27-5/h6-8,11H,9-10H2,1-5H3,(H,22,23,24). The van der Waals surface area contributed by atoms with E-state index in [9.17, 15) is 9.59 Å². The number of nitrogens with one attached hydrogen (secondary N) is 1. The van der Waals surface area contributed by atoms with Gasteiger partial charge in [0.05, 0.1) is 26.2 Å². The van der Waals surface area contributed by atoms with Gasteiger partial charge in [0.25, 0.3) is 5.56 Å². The number of thiophene rings is 1. The third-order valence-electron chi connectivity index (χ3n) is 4.40. The van der Waals surface area contributed by atoms with Gasteiger partial charge in [-0.05, 0) is 36.1 Å². The SMILES string of the molecule is COc1ccc(Cc2nc3sc(C(=O)OCC(C)C)c(C)c3c(=O)[nH]2)cc1OC. The Bertz CT molecular complexity index is 1100. The molecule has 0 amide bonds. The van der Waals surface area contributed by atoms with E-state index in [0.29, 0.717) is 51.0 Å². The first-order valence-electron chi connectivity index (χ1n) is 9.24. The molecule has 8 heteroatoms. The highest BCUT2D eigenvalue weighted by Crippen LogP contribution is 2.30. The summed E-state index contributed by atoms with van der Waals surface area (Å²) in [5.41, 5.74) is 1.25. The molecule has 7 nitrogen and oxygen atoms in total. The van der Waals surface area contributed by atoms with Crippen LogP contribution in [0.3, 0.4) is 0 Å². The van der Waals surface area contributed by atoms with Crippen molar-refractivity contribution in [3.05, 3.63) is 50.4 Å². The summed E-state index contributed by atoms with van der Waals surface area (Å²) in [5, 5.41) is 0.433. The molecule has 0 aliphatic carbocycles. The Balaban J connectivity index is 1.93. The van der Waals surface area contributed by atoms with Crippen LogP contribution in [-0.2, 0) is 11.2 Å². The fourth-order valence-electron chi connectivity index (χ4n) is 2.96. The molecule has 0 saturated heterocycles. The molecule has 0 aliphatic heterocycles. The zero-order valence-corrected chi connectivity index (χ0v) is 17.9. The summed E-state index contributed by atoms with van der Waals surface area (Å²) in [7, 11) is 3.15. The molecule has 3 aromatic rings. The Morgan fingerprint density at radius 2 is 1.93 bits per heavy atom.